The molecule has 23 heavy (non-hydrogen) atoms. The Balaban J connectivity index is 1.59. The molecule has 1 unspecified atom stereocenters. The molecule has 5 nitrogen and oxygen atoms in total. The molecule has 0 radical (unpaired) electrons. The Hall–Kier alpha value is -2.04. The topological polar surface area (TPSA) is 58.6 Å². The van der Waals surface area contributed by atoms with Crippen LogP contribution in [0.25, 0.3) is 0 Å². The molecule has 0 spiro atoms. The van der Waals surface area contributed by atoms with Crippen molar-refractivity contribution in [2.24, 2.45) is 0 Å². The van der Waals surface area contributed by atoms with Crippen molar-refractivity contribution >= 4 is 17.5 Å². The van der Waals surface area contributed by atoms with Gasteiger partial charge in [-0.1, -0.05) is 6.92 Å². The van der Waals surface area contributed by atoms with Crippen LogP contribution >= 0.6 is 0 Å². The van der Waals surface area contributed by atoms with E-state index in [0.717, 1.165) is 43.5 Å². The second-order valence-corrected chi connectivity index (χ2v) is 6.30. The Morgan fingerprint density at radius 1 is 1.35 bits per heavy atom. The first-order valence-electron chi connectivity index (χ1n) is 8.52. The van der Waals surface area contributed by atoms with Crippen LogP contribution < -0.4 is 10.1 Å². The van der Waals surface area contributed by atoms with Crippen molar-refractivity contribution < 1.29 is 14.3 Å². The van der Waals surface area contributed by atoms with E-state index in [9.17, 15) is 9.59 Å². The Labute approximate surface area is 137 Å². The highest BCUT2D eigenvalue weighted by molar-refractivity contribution is 5.94. The fourth-order valence-corrected chi connectivity index (χ4v) is 3.43. The third kappa shape index (κ3) is 3.66. The quantitative estimate of drug-likeness (QED) is 0.929. The number of nitrogens with one attached hydrogen (secondary N) is 1. The summed E-state index contributed by atoms with van der Waals surface area (Å²) in [4.78, 5) is 25.8. The van der Waals surface area contributed by atoms with Crippen molar-refractivity contribution in [1.82, 2.24) is 4.90 Å². The van der Waals surface area contributed by atoms with Crippen LogP contribution in [0.1, 0.15) is 44.6 Å². The molecule has 0 bridgehead atoms. The maximum atomic E-state index is 12.4. The molecule has 2 heterocycles. The molecular formula is C18H24N2O3. The summed E-state index contributed by atoms with van der Waals surface area (Å²) in [5.74, 6) is 0.818. The van der Waals surface area contributed by atoms with Gasteiger partial charge < -0.3 is 15.0 Å². The Morgan fingerprint density at radius 2 is 2.22 bits per heavy atom. The lowest BCUT2D eigenvalue weighted by atomic mass is 10.00. The molecule has 1 aromatic rings. The van der Waals surface area contributed by atoms with Crippen LogP contribution in [-0.4, -0.2) is 35.9 Å². The lowest BCUT2D eigenvalue weighted by Gasteiger charge is -2.35. The monoisotopic (exact) mass is 316 g/mol. The van der Waals surface area contributed by atoms with Crippen molar-refractivity contribution in [2.75, 3.05) is 18.5 Å². The Morgan fingerprint density at radius 3 is 3.04 bits per heavy atom. The first kappa shape index (κ1) is 15.8. The molecule has 1 atom stereocenters. The highest BCUT2D eigenvalue weighted by Gasteiger charge is 2.25. The molecule has 2 amide bonds. The number of piperidine rings is 1. The molecule has 1 N–H and O–H groups in total. The van der Waals surface area contributed by atoms with Gasteiger partial charge in [-0.15, -0.1) is 0 Å². The molecule has 124 valence electrons. The molecule has 0 saturated carbocycles. The summed E-state index contributed by atoms with van der Waals surface area (Å²) in [6, 6.07) is 5.95. The predicted molar refractivity (Wildman–Crippen MR) is 88.5 cm³/mol. The number of aryl methyl sites for hydroxylation is 1. The van der Waals surface area contributed by atoms with Crippen molar-refractivity contribution in [2.45, 2.75) is 51.5 Å². The summed E-state index contributed by atoms with van der Waals surface area (Å²) in [5.41, 5.74) is 1.92. The normalized spacial score (nSPS) is 20.7. The Kier molecular flexibility index (Phi) is 4.84. The number of hydrogen-bond acceptors (Lipinski definition) is 3. The van der Waals surface area contributed by atoms with E-state index in [1.165, 1.54) is 6.42 Å². The zero-order valence-corrected chi connectivity index (χ0v) is 13.6. The van der Waals surface area contributed by atoms with E-state index >= 15 is 0 Å². The average molecular weight is 316 g/mol. The maximum absolute atomic E-state index is 12.4. The van der Waals surface area contributed by atoms with Gasteiger partial charge in [0, 0.05) is 24.7 Å². The number of nitrogens with zero attached hydrogens (tertiary/aromatic N) is 1. The van der Waals surface area contributed by atoms with Crippen molar-refractivity contribution in [3.05, 3.63) is 23.8 Å². The summed E-state index contributed by atoms with van der Waals surface area (Å²) >= 11 is 0. The van der Waals surface area contributed by atoms with E-state index in [0.29, 0.717) is 18.2 Å². The molecule has 1 fully saturated rings. The zero-order valence-electron chi connectivity index (χ0n) is 13.6. The fraction of sp³-hybridized carbons (Fsp3) is 0.556. The van der Waals surface area contributed by atoms with Crippen molar-refractivity contribution in [3.8, 4) is 5.75 Å². The van der Waals surface area contributed by atoms with E-state index in [2.05, 4.69) is 12.2 Å². The lowest BCUT2D eigenvalue weighted by Crippen LogP contribution is -2.45. The van der Waals surface area contributed by atoms with Gasteiger partial charge in [0.1, 0.15) is 5.75 Å². The summed E-state index contributed by atoms with van der Waals surface area (Å²) in [7, 11) is 0. The molecule has 1 aromatic carbocycles. The average Bonchev–Trinajstić information content (AvgIpc) is 2.59. The molecule has 0 aliphatic carbocycles. The van der Waals surface area contributed by atoms with Gasteiger partial charge >= 0.3 is 0 Å². The van der Waals surface area contributed by atoms with E-state index in [4.69, 9.17) is 4.74 Å². The largest absolute Gasteiger partial charge is 0.484 e. The first-order chi connectivity index (χ1) is 11.2. The van der Waals surface area contributed by atoms with E-state index in [-0.39, 0.29) is 18.4 Å². The number of hydrogen-bond donors (Lipinski definition) is 1. The minimum absolute atomic E-state index is 0.0528. The van der Waals surface area contributed by atoms with Crippen LogP contribution in [0.3, 0.4) is 0 Å². The van der Waals surface area contributed by atoms with Gasteiger partial charge in [-0.05, 0) is 55.9 Å². The van der Waals surface area contributed by atoms with Crippen molar-refractivity contribution in [3.63, 3.8) is 0 Å². The molecule has 1 saturated heterocycles. The molecule has 3 rings (SSSR count). The molecule has 2 aliphatic rings. The smallest absolute Gasteiger partial charge is 0.260 e. The molecule has 5 heteroatoms. The van der Waals surface area contributed by atoms with E-state index in [1.54, 1.807) is 0 Å². The van der Waals surface area contributed by atoms with Gasteiger partial charge in [0.05, 0.1) is 0 Å². The second-order valence-electron chi connectivity index (χ2n) is 6.30. The van der Waals surface area contributed by atoms with E-state index in [1.807, 2.05) is 23.1 Å². The number of amides is 2. The minimum Gasteiger partial charge on any atom is -0.484 e. The zero-order chi connectivity index (χ0) is 16.2. The summed E-state index contributed by atoms with van der Waals surface area (Å²) in [6.07, 6.45) is 5.61. The number of anilines is 1. The number of likely N-dealkylation sites (tertiary alicyclic amines) is 1. The van der Waals surface area contributed by atoms with Crippen LogP contribution in [0.5, 0.6) is 5.75 Å². The predicted octanol–water partition coefficient (Wildman–Crippen LogP) is 2.74. The van der Waals surface area contributed by atoms with Crippen LogP contribution in [0, 0.1) is 0 Å². The number of carbonyl (C=O) groups excluding carboxylic acids is 2. The van der Waals surface area contributed by atoms with Crippen LogP contribution in [0.2, 0.25) is 0 Å². The molecular weight excluding hydrogens is 292 g/mol. The van der Waals surface area contributed by atoms with Crippen LogP contribution in [-0.2, 0) is 16.0 Å². The third-order valence-corrected chi connectivity index (χ3v) is 4.75. The standard InChI is InChI=1S/C18H24N2O3/c1-2-14-5-3-4-10-20(14)18(22)12-23-15-7-8-16-13(11-15)6-9-17(21)19-16/h7-8,11,14H,2-6,9-10,12H2,1H3,(H,19,21). The summed E-state index contributed by atoms with van der Waals surface area (Å²) in [5, 5.41) is 2.85. The van der Waals surface area contributed by atoms with Crippen molar-refractivity contribution in [1.29, 1.82) is 0 Å². The highest BCUT2D eigenvalue weighted by Crippen LogP contribution is 2.27. The number of ether oxygens (including phenoxy) is 1. The number of rotatable bonds is 4. The van der Waals surface area contributed by atoms with Crippen LogP contribution in [0.15, 0.2) is 18.2 Å². The summed E-state index contributed by atoms with van der Waals surface area (Å²) < 4.78 is 5.70. The van der Waals surface area contributed by atoms with Gasteiger partial charge in [0.25, 0.3) is 5.91 Å². The van der Waals surface area contributed by atoms with Gasteiger partial charge in [-0.25, -0.2) is 0 Å². The number of carbonyl (C=O) groups is 2. The van der Waals surface area contributed by atoms with Gasteiger partial charge in [-0.3, -0.25) is 9.59 Å². The first-order valence-corrected chi connectivity index (χ1v) is 8.52. The van der Waals surface area contributed by atoms with E-state index < -0.39 is 0 Å². The summed E-state index contributed by atoms with van der Waals surface area (Å²) in [6.45, 7) is 3.06. The fourth-order valence-electron chi connectivity index (χ4n) is 3.43. The number of benzene rings is 1. The molecule has 2 aliphatic heterocycles. The van der Waals surface area contributed by atoms with Gasteiger partial charge in [0.15, 0.2) is 6.61 Å². The second kappa shape index (κ2) is 7.02. The highest BCUT2D eigenvalue weighted by atomic mass is 16.5. The van der Waals surface area contributed by atoms with Gasteiger partial charge in [0.2, 0.25) is 5.91 Å². The van der Waals surface area contributed by atoms with Gasteiger partial charge in [-0.2, -0.15) is 0 Å². The maximum Gasteiger partial charge on any atom is 0.260 e. The Bertz CT molecular complexity index is 600. The SMILES string of the molecule is CCC1CCCCN1C(=O)COc1ccc2c(c1)CCC(=O)N2. The minimum atomic E-state index is 0.0528. The number of fused-ring (bicyclic) bond motifs is 1. The third-order valence-electron chi connectivity index (χ3n) is 4.75. The molecule has 0 aromatic heterocycles. The lowest BCUT2D eigenvalue weighted by molar-refractivity contribution is -0.137. The van der Waals surface area contributed by atoms with Crippen LogP contribution in [0.4, 0.5) is 5.69 Å².